The molecule has 1 heterocycles. The van der Waals surface area contributed by atoms with Crippen LogP contribution in [0.4, 0.5) is 18.9 Å². The molecule has 2 nitrogen and oxygen atoms in total. The second kappa shape index (κ2) is 5.41. The lowest BCUT2D eigenvalue weighted by Gasteiger charge is -2.36. The van der Waals surface area contributed by atoms with Crippen molar-refractivity contribution in [2.45, 2.75) is 25.1 Å². The summed E-state index contributed by atoms with van der Waals surface area (Å²) >= 11 is 0. The Morgan fingerprint density at radius 2 is 1.63 bits per heavy atom. The predicted octanol–water partition coefficient (Wildman–Crippen LogP) is 3.24. The van der Waals surface area contributed by atoms with Gasteiger partial charge in [-0.25, -0.2) is 0 Å². The summed E-state index contributed by atoms with van der Waals surface area (Å²) in [6.45, 7) is 2.07. The number of anilines is 1. The van der Waals surface area contributed by atoms with Gasteiger partial charge in [-0.05, 0) is 57.2 Å². The van der Waals surface area contributed by atoms with Crippen molar-refractivity contribution < 1.29 is 13.2 Å². The number of nitrogens with zero attached hydrogens (tertiary/aromatic N) is 2. The number of alkyl halides is 3. The molecule has 0 spiro atoms. The van der Waals surface area contributed by atoms with E-state index in [0.717, 1.165) is 43.8 Å². The highest BCUT2D eigenvalue weighted by molar-refractivity contribution is 5.48. The van der Waals surface area contributed by atoms with Crippen LogP contribution in [0.2, 0.25) is 0 Å². The van der Waals surface area contributed by atoms with Crippen LogP contribution in [0.5, 0.6) is 0 Å². The van der Waals surface area contributed by atoms with Crippen molar-refractivity contribution in [1.29, 1.82) is 0 Å². The minimum atomic E-state index is -4.26. The quantitative estimate of drug-likeness (QED) is 0.815. The molecule has 1 saturated heterocycles. The van der Waals surface area contributed by atoms with Crippen molar-refractivity contribution in [3.63, 3.8) is 0 Å². The molecule has 0 saturated carbocycles. The minimum absolute atomic E-state index is 0.410. The van der Waals surface area contributed by atoms with Crippen LogP contribution in [0.3, 0.4) is 0 Å². The molecule has 0 unspecified atom stereocenters. The lowest BCUT2D eigenvalue weighted by molar-refractivity contribution is -0.137. The lowest BCUT2D eigenvalue weighted by Crippen LogP contribution is -2.41. The van der Waals surface area contributed by atoms with Gasteiger partial charge in [-0.15, -0.1) is 0 Å². The van der Waals surface area contributed by atoms with E-state index in [2.05, 4.69) is 16.8 Å². The second-order valence-corrected chi connectivity index (χ2v) is 5.19. The average molecular weight is 272 g/mol. The molecule has 0 radical (unpaired) electrons. The van der Waals surface area contributed by atoms with Crippen LogP contribution >= 0.6 is 0 Å². The molecule has 1 aromatic carbocycles. The standard InChI is InChI=1S/C14H19F3N2/c1-18-9-7-13(8-10-18)19(2)12-5-3-11(4-6-12)14(15,16)17/h3-6,13H,7-10H2,1-2H3. The molecular weight excluding hydrogens is 253 g/mol. The summed E-state index contributed by atoms with van der Waals surface area (Å²) in [5.74, 6) is 0. The second-order valence-electron chi connectivity index (χ2n) is 5.19. The van der Waals surface area contributed by atoms with E-state index in [1.807, 2.05) is 7.05 Å². The number of benzene rings is 1. The molecule has 1 aromatic rings. The Bertz CT molecular complexity index is 406. The molecule has 0 aliphatic carbocycles. The molecule has 1 aliphatic heterocycles. The average Bonchev–Trinajstić information content (AvgIpc) is 2.38. The van der Waals surface area contributed by atoms with Crippen molar-refractivity contribution in [3.05, 3.63) is 29.8 Å². The van der Waals surface area contributed by atoms with Gasteiger partial charge in [0.2, 0.25) is 0 Å². The first-order chi connectivity index (χ1) is 8.88. The van der Waals surface area contributed by atoms with Crippen molar-refractivity contribution >= 4 is 5.69 Å². The maximum absolute atomic E-state index is 12.5. The van der Waals surface area contributed by atoms with Crippen molar-refractivity contribution in [2.24, 2.45) is 0 Å². The van der Waals surface area contributed by atoms with Gasteiger partial charge in [0.1, 0.15) is 0 Å². The van der Waals surface area contributed by atoms with Crippen molar-refractivity contribution in [1.82, 2.24) is 4.90 Å². The zero-order chi connectivity index (χ0) is 14.0. The van der Waals surface area contributed by atoms with E-state index >= 15 is 0 Å². The number of likely N-dealkylation sites (tertiary alicyclic amines) is 1. The smallest absolute Gasteiger partial charge is 0.372 e. The molecule has 19 heavy (non-hydrogen) atoms. The molecule has 0 atom stereocenters. The van der Waals surface area contributed by atoms with Gasteiger partial charge in [-0.2, -0.15) is 13.2 Å². The predicted molar refractivity (Wildman–Crippen MR) is 70.4 cm³/mol. The Labute approximate surface area is 111 Å². The zero-order valence-electron chi connectivity index (χ0n) is 11.2. The summed E-state index contributed by atoms with van der Waals surface area (Å²) in [5.41, 5.74) is 0.260. The Balaban J connectivity index is 2.05. The zero-order valence-corrected chi connectivity index (χ0v) is 11.2. The number of rotatable bonds is 2. The highest BCUT2D eigenvalue weighted by Crippen LogP contribution is 2.31. The first-order valence-electron chi connectivity index (χ1n) is 6.46. The van der Waals surface area contributed by atoms with E-state index < -0.39 is 11.7 Å². The monoisotopic (exact) mass is 272 g/mol. The van der Waals surface area contributed by atoms with Crippen LogP contribution in [0.1, 0.15) is 18.4 Å². The number of hydrogen-bond acceptors (Lipinski definition) is 2. The van der Waals surface area contributed by atoms with Gasteiger partial charge < -0.3 is 9.80 Å². The molecule has 1 aliphatic rings. The van der Waals surface area contributed by atoms with E-state index in [0.29, 0.717) is 6.04 Å². The molecule has 2 rings (SSSR count). The summed E-state index contributed by atoms with van der Waals surface area (Å²) in [7, 11) is 4.05. The van der Waals surface area contributed by atoms with Gasteiger partial charge in [0.05, 0.1) is 5.56 Å². The van der Waals surface area contributed by atoms with Crippen LogP contribution < -0.4 is 4.90 Å². The molecule has 0 N–H and O–H groups in total. The summed E-state index contributed by atoms with van der Waals surface area (Å²) in [5, 5.41) is 0. The van der Waals surface area contributed by atoms with Gasteiger partial charge in [0.15, 0.2) is 0 Å². The Kier molecular flexibility index (Phi) is 4.04. The van der Waals surface area contributed by atoms with Crippen LogP contribution in [0.25, 0.3) is 0 Å². The summed E-state index contributed by atoms with van der Waals surface area (Å²) in [4.78, 5) is 4.37. The normalized spacial score (nSPS) is 18.6. The van der Waals surface area contributed by atoms with Crippen LogP contribution in [0.15, 0.2) is 24.3 Å². The van der Waals surface area contributed by atoms with E-state index in [9.17, 15) is 13.2 Å². The van der Waals surface area contributed by atoms with Gasteiger partial charge >= 0.3 is 6.18 Å². The molecule has 106 valence electrons. The van der Waals surface area contributed by atoms with E-state index in [1.165, 1.54) is 0 Å². The Hall–Kier alpha value is -1.23. The summed E-state index contributed by atoms with van der Waals surface area (Å²) in [6, 6.07) is 5.83. The van der Waals surface area contributed by atoms with E-state index in [-0.39, 0.29) is 0 Å². The molecule has 0 bridgehead atoms. The maximum Gasteiger partial charge on any atom is 0.416 e. The van der Waals surface area contributed by atoms with Crippen molar-refractivity contribution in [3.8, 4) is 0 Å². The Morgan fingerprint density at radius 1 is 1.11 bits per heavy atom. The SMILES string of the molecule is CN1CCC(N(C)c2ccc(C(F)(F)F)cc2)CC1. The molecule has 0 amide bonds. The maximum atomic E-state index is 12.5. The van der Waals surface area contributed by atoms with Gasteiger partial charge in [0, 0.05) is 18.8 Å². The Morgan fingerprint density at radius 3 is 2.11 bits per heavy atom. The van der Waals surface area contributed by atoms with Gasteiger partial charge in [-0.3, -0.25) is 0 Å². The molecule has 1 fully saturated rings. The number of hydrogen-bond donors (Lipinski definition) is 0. The largest absolute Gasteiger partial charge is 0.416 e. The van der Waals surface area contributed by atoms with Gasteiger partial charge in [-0.1, -0.05) is 0 Å². The lowest BCUT2D eigenvalue weighted by atomic mass is 10.0. The summed E-state index contributed by atoms with van der Waals surface area (Å²) in [6.07, 6.45) is -2.16. The molecule has 0 aromatic heterocycles. The van der Waals surface area contributed by atoms with Crippen LogP contribution in [-0.4, -0.2) is 38.1 Å². The van der Waals surface area contributed by atoms with Crippen LogP contribution in [-0.2, 0) is 6.18 Å². The molecule has 5 heteroatoms. The first kappa shape index (κ1) is 14.2. The fourth-order valence-electron chi connectivity index (χ4n) is 2.48. The highest BCUT2D eigenvalue weighted by atomic mass is 19.4. The summed E-state index contributed by atoms with van der Waals surface area (Å²) < 4.78 is 37.5. The van der Waals surface area contributed by atoms with E-state index in [4.69, 9.17) is 0 Å². The fourth-order valence-corrected chi connectivity index (χ4v) is 2.48. The minimum Gasteiger partial charge on any atom is -0.372 e. The number of piperidine rings is 1. The van der Waals surface area contributed by atoms with Gasteiger partial charge in [0.25, 0.3) is 0 Å². The first-order valence-corrected chi connectivity index (χ1v) is 6.46. The fraction of sp³-hybridized carbons (Fsp3) is 0.571. The highest BCUT2D eigenvalue weighted by Gasteiger charge is 2.30. The molecular formula is C14H19F3N2. The topological polar surface area (TPSA) is 6.48 Å². The third kappa shape index (κ3) is 3.41. The van der Waals surface area contributed by atoms with E-state index in [1.54, 1.807) is 12.1 Å². The third-order valence-corrected chi connectivity index (χ3v) is 3.84. The van der Waals surface area contributed by atoms with Crippen molar-refractivity contribution in [2.75, 3.05) is 32.1 Å². The number of halogens is 3. The van der Waals surface area contributed by atoms with Crippen LogP contribution in [0, 0.1) is 0 Å². The third-order valence-electron chi connectivity index (χ3n) is 3.84.